The zero-order valence-corrected chi connectivity index (χ0v) is 12.5. The van der Waals surface area contributed by atoms with E-state index in [1.165, 1.54) is 12.8 Å². The fourth-order valence-corrected chi connectivity index (χ4v) is 1.89. The molecule has 0 aromatic rings. The average molecular weight is 255 g/mol. The van der Waals surface area contributed by atoms with Crippen LogP contribution in [0.1, 0.15) is 47.0 Å². The second-order valence-electron chi connectivity index (χ2n) is 6.16. The van der Waals surface area contributed by atoms with Gasteiger partial charge in [-0.25, -0.2) is 0 Å². The van der Waals surface area contributed by atoms with Gasteiger partial charge >= 0.3 is 0 Å². The van der Waals surface area contributed by atoms with Gasteiger partial charge in [0.2, 0.25) is 5.91 Å². The molecule has 0 radical (unpaired) electrons. The first-order valence-electron chi connectivity index (χ1n) is 7.09. The predicted molar refractivity (Wildman–Crippen MR) is 75.6 cm³/mol. The van der Waals surface area contributed by atoms with Crippen molar-refractivity contribution in [2.45, 2.75) is 64.6 Å². The number of rotatable bonds is 8. The van der Waals surface area contributed by atoms with Crippen LogP contribution in [0.4, 0.5) is 0 Å². The Balaban J connectivity index is 2.14. The van der Waals surface area contributed by atoms with Crippen LogP contribution in [-0.4, -0.2) is 48.6 Å². The van der Waals surface area contributed by atoms with Gasteiger partial charge in [-0.1, -0.05) is 6.92 Å². The second-order valence-corrected chi connectivity index (χ2v) is 6.16. The Labute approximate surface area is 111 Å². The van der Waals surface area contributed by atoms with Gasteiger partial charge in [-0.3, -0.25) is 9.69 Å². The lowest BCUT2D eigenvalue weighted by atomic mass is 10.0. The summed E-state index contributed by atoms with van der Waals surface area (Å²) in [6.45, 7) is 9.67. The molecule has 0 saturated heterocycles. The molecule has 1 atom stereocenters. The summed E-state index contributed by atoms with van der Waals surface area (Å²) in [6.07, 6.45) is 3.59. The predicted octanol–water partition coefficient (Wildman–Crippen LogP) is 1.36. The fourth-order valence-electron chi connectivity index (χ4n) is 1.89. The lowest BCUT2D eigenvalue weighted by molar-refractivity contribution is -0.121. The van der Waals surface area contributed by atoms with Crippen molar-refractivity contribution < 1.29 is 4.79 Å². The van der Waals surface area contributed by atoms with Crippen molar-refractivity contribution >= 4 is 5.91 Å². The third-order valence-corrected chi connectivity index (χ3v) is 3.91. The quantitative estimate of drug-likeness (QED) is 0.688. The first kappa shape index (κ1) is 15.4. The van der Waals surface area contributed by atoms with Crippen molar-refractivity contribution in [2.24, 2.45) is 0 Å². The largest absolute Gasteiger partial charge is 0.350 e. The summed E-state index contributed by atoms with van der Waals surface area (Å²) in [6, 6.07) is 1.26. The monoisotopic (exact) mass is 255 g/mol. The van der Waals surface area contributed by atoms with E-state index < -0.39 is 0 Å². The van der Waals surface area contributed by atoms with E-state index in [1.807, 2.05) is 13.8 Å². The van der Waals surface area contributed by atoms with Crippen molar-refractivity contribution in [3.05, 3.63) is 0 Å². The Hall–Kier alpha value is -0.610. The molecule has 106 valence electrons. The van der Waals surface area contributed by atoms with E-state index in [1.54, 1.807) is 0 Å². The lowest BCUT2D eigenvalue weighted by Gasteiger charge is -2.26. The number of amides is 1. The standard InChI is InChI=1S/C14H29N3O/c1-6-14(3,4)16-13(18)10-15-9-11(2)17(5)12-7-8-12/h11-12,15H,6-10H2,1-5H3,(H,16,18). The Morgan fingerprint density at radius 3 is 2.56 bits per heavy atom. The van der Waals surface area contributed by atoms with Crippen LogP contribution in [0.2, 0.25) is 0 Å². The number of nitrogens with one attached hydrogen (secondary N) is 2. The number of carbonyl (C=O) groups excluding carboxylic acids is 1. The molecule has 0 aromatic carbocycles. The van der Waals surface area contributed by atoms with E-state index in [2.05, 4.69) is 36.4 Å². The molecule has 0 aromatic heterocycles. The summed E-state index contributed by atoms with van der Waals surface area (Å²) < 4.78 is 0. The molecule has 18 heavy (non-hydrogen) atoms. The molecule has 1 fully saturated rings. The molecule has 1 rings (SSSR count). The highest BCUT2D eigenvalue weighted by Gasteiger charge is 2.28. The van der Waals surface area contributed by atoms with Crippen molar-refractivity contribution in [1.29, 1.82) is 0 Å². The number of hydrogen-bond acceptors (Lipinski definition) is 3. The van der Waals surface area contributed by atoms with Gasteiger partial charge in [0.05, 0.1) is 6.54 Å². The van der Waals surface area contributed by atoms with E-state index >= 15 is 0 Å². The van der Waals surface area contributed by atoms with Crippen LogP contribution in [0.3, 0.4) is 0 Å². The van der Waals surface area contributed by atoms with E-state index in [9.17, 15) is 4.79 Å². The van der Waals surface area contributed by atoms with Crippen LogP contribution in [0.15, 0.2) is 0 Å². The fraction of sp³-hybridized carbons (Fsp3) is 0.929. The number of carbonyl (C=O) groups is 1. The van der Waals surface area contributed by atoms with E-state index in [0.717, 1.165) is 19.0 Å². The van der Waals surface area contributed by atoms with Crippen LogP contribution >= 0.6 is 0 Å². The molecular formula is C14H29N3O. The summed E-state index contributed by atoms with van der Waals surface area (Å²) >= 11 is 0. The SMILES string of the molecule is CCC(C)(C)NC(=O)CNCC(C)N(C)C1CC1. The second kappa shape index (κ2) is 6.53. The van der Waals surface area contributed by atoms with Crippen molar-refractivity contribution in [3.63, 3.8) is 0 Å². The molecule has 1 saturated carbocycles. The molecular weight excluding hydrogens is 226 g/mol. The number of likely N-dealkylation sites (N-methyl/N-ethyl adjacent to an activating group) is 1. The highest BCUT2D eigenvalue weighted by atomic mass is 16.2. The molecule has 2 N–H and O–H groups in total. The molecule has 0 aliphatic heterocycles. The Morgan fingerprint density at radius 2 is 2.06 bits per heavy atom. The molecule has 1 aliphatic rings. The topological polar surface area (TPSA) is 44.4 Å². The molecule has 4 nitrogen and oxygen atoms in total. The maximum absolute atomic E-state index is 11.7. The van der Waals surface area contributed by atoms with Crippen LogP contribution in [0.25, 0.3) is 0 Å². The number of nitrogens with zero attached hydrogens (tertiary/aromatic N) is 1. The minimum Gasteiger partial charge on any atom is -0.350 e. The molecule has 4 heteroatoms. The van der Waals surface area contributed by atoms with Crippen LogP contribution in [0.5, 0.6) is 0 Å². The highest BCUT2D eigenvalue weighted by molar-refractivity contribution is 5.78. The zero-order chi connectivity index (χ0) is 13.8. The smallest absolute Gasteiger partial charge is 0.234 e. The van der Waals surface area contributed by atoms with Gasteiger partial charge in [-0.05, 0) is 47.1 Å². The maximum Gasteiger partial charge on any atom is 0.234 e. The Bertz CT molecular complexity index is 274. The van der Waals surface area contributed by atoms with Crippen LogP contribution in [-0.2, 0) is 4.79 Å². The van der Waals surface area contributed by atoms with Gasteiger partial charge in [0.25, 0.3) is 0 Å². The van der Waals surface area contributed by atoms with Crippen LogP contribution in [0, 0.1) is 0 Å². The van der Waals surface area contributed by atoms with Gasteiger partial charge in [0, 0.05) is 24.2 Å². The van der Waals surface area contributed by atoms with Gasteiger partial charge in [-0.15, -0.1) is 0 Å². The molecule has 1 aliphatic carbocycles. The Kier molecular flexibility index (Phi) is 5.60. The summed E-state index contributed by atoms with van der Waals surface area (Å²) in [5.74, 6) is 0.0862. The summed E-state index contributed by atoms with van der Waals surface area (Å²) in [7, 11) is 2.17. The normalized spacial score (nSPS) is 17.9. The molecule has 0 bridgehead atoms. The molecule has 1 unspecified atom stereocenters. The minimum atomic E-state index is -0.102. The minimum absolute atomic E-state index is 0.0862. The van der Waals surface area contributed by atoms with E-state index in [0.29, 0.717) is 12.6 Å². The van der Waals surface area contributed by atoms with E-state index in [-0.39, 0.29) is 11.4 Å². The van der Waals surface area contributed by atoms with Crippen molar-refractivity contribution in [3.8, 4) is 0 Å². The first-order chi connectivity index (χ1) is 8.35. The Morgan fingerprint density at radius 1 is 1.44 bits per heavy atom. The third-order valence-electron chi connectivity index (χ3n) is 3.91. The lowest BCUT2D eigenvalue weighted by Crippen LogP contribution is -2.48. The van der Waals surface area contributed by atoms with Gasteiger partial charge in [0.15, 0.2) is 0 Å². The van der Waals surface area contributed by atoms with Crippen molar-refractivity contribution in [2.75, 3.05) is 20.1 Å². The summed E-state index contributed by atoms with van der Waals surface area (Å²) in [4.78, 5) is 14.1. The average Bonchev–Trinajstić information content (AvgIpc) is 3.11. The number of hydrogen-bond donors (Lipinski definition) is 2. The van der Waals surface area contributed by atoms with E-state index in [4.69, 9.17) is 0 Å². The highest BCUT2D eigenvalue weighted by Crippen LogP contribution is 2.26. The van der Waals surface area contributed by atoms with Gasteiger partial charge in [0.1, 0.15) is 0 Å². The first-order valence-corrected chi connectivity index (χ1v) is 7.09. The van der Waals surface area contributed by atoms with Gasteiger partial charge < -0.3 is 10.6 Å². The van der Waals surface area contributed by atoms with Gasteiger partial charge in [-0.2, -0.15) is 0 Å². The zero-order valence-electron chi connectivity index (χ0n) is 12.5. The van der Waals surface area contributed by atoms with Crippen LogP contribution < -0.4 is 10.6 Å². The molecule has 0 heterocycles. The van der Waals surface area contributed by atoms with Crippen molar-refractivity contribution in [1.82, 2.24) is 15.5 Å². The molecule has 0 spiro atoms. The summed E-state index contributed by atoms with van der Waals surface area (Å²) in [5, 5.41) is 6.27. The molecule has 1 amide bonds. The maximum atomic E-state index is 11.7. The summed E-state index contributed by atoms with van der Waals surface area (Å²) in [5.41, 5.74) is -0.102. The third kappa shape index (κ3) is 5.36.